The van der Waals surface area contributed by atoms with Gasteiger partial charge in [-0.2, -0.15) is 0 Å². The SMILES string of the molecule is CC(C)c1cccc([C@H]2CC[C@H](c3nnc4n3-c3ccc(Cl)cc3CNC4)CC2)n1. The largest absolute Gasteiger partial charge is 0.306 e. The zero-order valence-electron chi connectivity index (χ0n) is 17.6. The Kier molecular flexibility index (Phi) is 5.34. The highest BCUT2D eigenvalue weighted by Gasteiger charge is 2.30. The van der Waals surface area contributed by atoms with Crippen LogP contribution in [0.2, 0.25) is 5.02 Å². The summed E-state index contributed by atoms with van der Waals surface area (Å²) in [5.74, 6) is 3.52. The topological polar surface area (TPSA) is 55.6 Å². The van der Waals surface area contributed by atoms with Crippen molar-refractivity contribution >= 4 is 11.6 Å². The van der Waals surface area contributed by atoms with Crippen molar-refractivity contribution in [3.8, 4) is 5.69 Å². The minimum Gasteiger partial charge on any atom is -0.306 e. The molecule has 3 heterocycles. The van der Waals surface area contributed by atoms with Crippen LogP contribution in [0.4, 0.5) is 0 Å². The van der Waals surface area contributed by atoms with Gasteiger partial charge in [-0.1, -0.05) is 31.5 Å². The molecule has 3 aromatic rings. The van der Waals surface area contributed by atoms with Gasteiger partial charge < -0.3 is 5.32 Å². The number of benzene rings is 1. The highest BCUT2D eigenvalue weighted by atomic mass is 35.5. The molecule has 1 fully saturated rings. The van der Waals surface area contributed by atoms with E-state index >= 15 is 0 Å². The van der Waals surface area contributed by atoms with Gasteiger partial charge in [-0.25, -0.2) is 0 Å². The summed E-state index contributed by atoms with van der Waals surface area (Å²) < 4.78 is 2.27. The summed E-state index contributed by atoms with van der Waals surface area (Å²) in [5, 5.41) is 13.4. The third-order valence-electron chi connectivity index (χ3n) is 6.53. The maximum Gasteiger partial charge on any atom is 0.151 e. The van der Waals surface area contributed by atoms with E-state index in [2.05, 4.69) is 58.2 Å². The number of aromatic nitrogens is 4. The van der Waals surface area contributed by atoms with Crippen molar-refractivity contribution in [3.63, 3.8) is 0 Å². The van der Waals surface area contributed by atoms with Crippen molar-refractivity contribution in [1.29, 1.82) is 0 Å². The van der Waals surface area contributed by atoms with Gasteiger partial charge in [-0.15, -0.1) is 10.2 Å². The van der Waals surface area contributed by atoms with E-state index in [-0.39, 0.29) is 0 Å². The zero-order valence-corrected chi connectivity index (χ0v) is 18.4. The Hall–Kier alpha value is -2.24. The average Bonchev–Trinajstić information content (AvgIpc) is 3.09. The van der Waals surface area contributed by atoms with Crippen molar-refractivity contribution in [2.24, 2.45) is 0 Å². The highest BCUT2D eigenvalue weighted by Crippen LogP contribution is 2.41. The summed E-state index contributed by atoms with van der Waals surface area (Å²) in [7, 11) is 0. The van der Waals surface area contributed by atoms with Crippen LogP contribution in [0.25, 0.3) is 5.69 Å². The summed E-state index contributed by atoms with van der Waals surface area (Å²) in [4.78, 5) is 4.95. The molecule has 5 nitrogen and oxygen atoms in total. The first-order chi connectivity index (χ1) is 14.6. The lowest BCUT2D eigenvalue weighted by molar-refractivity contribution is 0.377. The van der Waals surface area contributed by atoms with E-state index in [1.54, 1.807) is 0 Å². The van der Waals surface area contributed by atoms with Crippen LogP contribution >= 0.6 is 11.6 Å². The van der Waals surface area contributed by atoms with Gasteiger partial charge in [0.2, 0.25) is 0 Å². The molecule has 1 aliphatic carbocycles. The van der Waals surface area contributed by atoms with E-state index in [1.807, 2.05) is 12.1 Å². The van der Waals surface area contributed by atoms with Crippen molar-refractivity contribution in [2.75, 3.05) is 0 Å². The molecule has 0 atom stereocenters. The number of nitrogens with one attached hydrogen (secondary N) is 1. The van der Waals surface area contributed by atoms with Crippen molar-refractivity contribution in [2.45, 2.75) is 70.4 Å². The first-order valence-electron chi connectivity index (χ1n) is 11.0. The Bertz CT molecular complexity index is 1050. The molecule has 2 aromatic heterocycles. The fourth-order valence-electron chi connectivity index (χ4n) is 4.86. The number of hydrogen-bond acceptors (Lipinski definition) is 4. The second-order valence-corrected chi connectivity index (χ2v) is 9.31. The van der Waals surface area contributed by atoms with Crippen LogP contribution in [0.15, 0.2) is 36.4 Å². The summed E-state index contributed by atoms with van der Waals surface area (Å²) in [6.07, 6.45) is 4.53. The van der Waals surface area contributed by atoms with Gasteiger partial charge in [0.25, 0.3) is 0 Å². The minimum atomic E-state index is 0.428. The molecule has 6 heteroatoms. The standard InChI is InChI=1S/C24H28ClN5/c1-15(2)20-4-3-5-21(27-20)16-6-8-17(9-7-16)24-29-28-23-14-26-13-18-12-19(25)10-11-22(18)30(23)24/h3-5,10-12,15-17,26H,6-9,13-14H2,1-2H3/t16-,17-. The molecule has 0 spiro atoms. The number of fused-ring (bicyclic) bond motifs is 3. The summed E-state index contributed by atoms with van der Waals surface area (Å²) >= 11 is 6.25. The Labute approximate surface area is 182 Å². The van der Waals surface area contributed by atoms with Crippen LogP contribution in [-0.4, -0.2) is 19.7 Å². The Morgan fingerprint density at radius 2 is 1.80 bits per heavy atom. The highest BCUT2D eigenvalue weighted by molar-refractivity contribution is 6.30. The van der Waals surface area contributed by atoms with E-state index in [4.69, 9.17) is 16.6 Å². The molecule has 0 amide bonds. The molecular formula is C24H28ClN5. The van der Waals surface area contributed by atoms with Gasteiger partial charge >= 0.3 is 0 Å². The fraction of sp³-hybridized carbons (Fsp3) is 0.458. The fourth-order valence-corrected chi connectivity index (χ4v) is 5.05. The predicted octanol–water partition coefficient (Wildman–Crippen LogP) is 5.48. The van der Waals surface area contributed by atoms with Gasteiger partial charge in [-0.3, -0.25) is 9.55 Å². The molecule has 0 radical (unpaired) electrons. The second kappa shape index (κ2) is 8.12. The quantitative estimate of drug-likeness (QED) is 0.608. The van der Waals surface area contributed by atoms with Crippen molar-refractivity contribution in [3.05, 3.63) is 70.0 Å². The summed E-state index contributed by atoms with van der Waals surface area (Å²) in [6, 6.07) is 12.6. The van der Waals surface area contributed by atoms with E-state index < -0.39 is 0 Å². The Morgan fingerprint density at radius 3 is 2.60 bits per heavy atom. The van der Waals surface area contributed by atoms with Crippen molar-refractivity contribution in [1.82, 2.24) is 25.1 Å². The van der Waals surface area contributed by atoms with Crippen LogP contribution < -0.4 is 5.32 Å². The van der Waals surface area contributed by atoms with Gasteiger partial charge in [-0.05, 0) is 67.5 Å². The Balaban J connectivity index is 1.39. The predicted molar refractivity (Wildman–Crippen MR) is 119 cm³/mol. The average molecular weight is 422 g/mol. The summed E-state index contributed by atoms with van der Waals surface area (Å²) in [6.45, 7) is 5.93. The molecule has 1 saturated carbocycles. The number of halogens is 1. The number of rotatable bonds is 3. The molecule has 1 N–H and O–H groups in total. The first kappa shape index (κ1) is 19.7. The molecule has 0 unspecified atom stereocenters. The first-order valence-corrected chi connectivity index (χ1v) is 11.4. The smallest absolute Gasteiger partial charge is 0.151 e. The number of hydrogen-bond donors (Lipinski definition) is 1. The third kappa shape index (κ3) is 3.65. The molecule has 2 aliphatic rings. The molecular weight excluding hydrogens is 394 g/mol. The Morgan fingerprint density at radius 1 is 1.00 bits per heavy atom. The third-order valence-corrected chi connectivity index (χ3v) is 6.77. The van der Waals surface area contributed by atoms with Crippen LogP contribution in [-0.2, 0) is 13.1 Å². The summed E-state index contributed by atoms with van der Waals surface area (Å²) in [5.41, 5.74) is 4.81. The van der Waals surface area contributed by atoms with Gasteiger partial charge in [0, 0.05) is 34.8 Å². The molecule has 0 bridgehead atoms. The second-order valence-electron chi connectivity index (χ2n) is 8.88. The zero-order chi connectivity index (χ0) is 20.7. The molecule has 5 rings (SSSR count). The molecule has 0 saturated heterocycles. The van der Waals surface area contributed by atoms with E-state index in [0.29, 0.717) is 17.8 Å². The maximum absolute atomic E-state index is 6.25. The molecule has 1 aliphatic heterocycles. The number of pyridine rings is 1. The van der Waals surface area contributed by atoms with Gasteiger partial charge in [0.1, 0.15) is 5.82 Å². The molecule has 30 heavy (non-hydrogen) atoms. The molecule has 156 valence electrons. The monoisotopic (exact) mass is 421 g/mol. The van der Waals surface area contributed by atoms with Crippen molar-refractivity contribution < 1.29 is 0 Å². The lowest BCUT2D eigenvalue weighted by atomic mass is 9.79. The van der Waals surface area contributed by atoms with Crippen LogP contribution in [0.5, 0.6) is 0 Å². The van der Waals surface area contributed by atoms with E-state index in [0.717, 1.165) is 61.1 Å². The molecule has 1 aromatic carbocycles. The van der Waals surface area contributed by atoms with Gasteiger partial charge in [0.15, 0.2) is 5.82 Å². The van der Waals surface area contributed by atoms with E-state index in [9.17, 15) is 0 Å². The van der Waals surface area contributed by atoms with Crippen LogP contribution in [0, 0.1) is 0 Å². The maximum atomic E-state index is 6.25. The van der Waals surface area contributed by atoms with Crippen LogP contribution in [0.1, 0.15) is 85.9 Å². The van der Waals surface area contributed by atoms with E-state index in [1.165, 1.54) is 17.0 Å². The van der Waals surface area contributed by atoms with Crippen LogP contribution in [0.3, 0.4) is 0 Å². The lowest BCUT2D eigenvalue weighted by Crippen LogP contribution is -2.17. The van der Waals surface area contributed by atoms with Gasteiger partial charge in [0.05, 0.1) is 12.2 Å². The number of nitrogens with zero attached hydrogens (tertiary/aromatic N) is 4. The minimum absolute atomic E-state index is 0.428. The normalized spacial score (nSPS) is 21.2. The lowest BCUT2D eigenvalue weighted by Gasteiger charge is -2.28.